The molecule has 0 heteroatoms. The van der Waals surface area contributed by atoms with Crippen molar-refractivity contribution in [3.63, 3.8) is 0 Å². The Morgan fingerprint density at radius 3 is 3.11 bits per heavy atom. The van der Waals surface area contributed by atoms with Gasteiger partial charge in [0.1, 0.15) is 0 Å². The van der Waals surface area contributed by atoms with Gasteiger partial charge in [-0.2, -0.15) is 0 Å². The predicted octanol–water partition coefficient (Wildman–Crippen LogP) is 2.22. The average molecular weight is 117 g/mol. The summed E-state index contributed by atoms with van der Waals surface area (Å²) in [5, 5.41) is 0. The molecule has 0 spiro atoms. The van der Waals surface area contributed by atoms with Crippen molar-refractivity contribution in [2.45, 2.75) is 6.42 Å². The van der Waals surface area contributed by atoms with Gasteiger partial charge in [0.25, 0.3) is 0 Å². The third kappa shape index (κ3) is 1.73. The first-order chi connectivity index (χ1) is 4.43. The SMILES string of the molecule is C=CCc1c[c]ccc1. The highest BCUT2D eigenvalue weighted by Gasteiger charge is 1.82. The molecular weight excluding hydrogens is 108 g/mol. The quantitative estimate of drug-likeness (QED) is 0.521. The number of benzene rings is 1. The molecule has 0 aliphatic rings. The summed E-state index contributed by atoms with van der Waals surface area (Å²) in [5.41, 5.74) is 1.27. The summed E-state index contributed by atoms with van der Waals surface area (Å²) in [6.07, 6.45) is 2.83. The second-order valence-corrected chi connectivity index (χ2v) is 1.90. The van der Waals surface area contributed by atoms with E-state index in [1.165, 1.54) is 5.56 Å². The van der Waals surface area contributed by atoms with Gasteiger partial charge >= 0.3 is 0 Å². The van der Waals surface area contributed by atoms with Crippen LogP contribution in [0.25, 0.3) is 0 Å². The molecule has 1 aromatic rings. The zero-order valence-corrected chi connectivity index (χ0v) is 5.30. The molecule has 0 bridgehead atoms. The van der Waals surface area contributed by atoms with Crippen LogP contribution < -0.4 is 0 Å². The molecule has 0 nitrogen and oxygen atoms in total. The lowest BCUT2D eigenvalue weighted by Gasteiger charge is -1.90. The second kappa shape index (κ2) is 3.08. The monoisotopic (exact) mass is 117 g/mol. The van der Waals surface area contributed by atoms with Crippen molar-refractivity contribution in [2.24, 2.45) is 0 Å². The first-order valence-electron chi connectivity index (χ1n) is 2.99. The molecule has 0 aliphatic carbocycles. The Hall–Kier alpha value is -1.04. The third-order valence-corrected chi connectivity index (χ3v) is 1.15. The first kappa shape index (κ1) is 6.09. The van der Waals surface area contributed by atoms with E-state index < -0.39 is 0 Å². The van der Waals surface area contributed by atoms with E-state index in [0.29, 0.717) is 0 Å². The van der Waals surface area contributed by atoms with Crippen LogP contribution in [0, 0.1) is 6.07 Å². The number of rotatable bonds is 2. The Bertz CT molecular complexity index is 174. The first-order valence-corrected chi connectivity index (χ1v) is 2.99. The maximum atomic E-state index is 3.64. The van der Waals surface area contributed by atoms with Crippen LogP contribution in [0.3, 0.4) is 0 Å². The number of hydrogen-bond donors (Lipinski definition) is 0. The fourth-order valence-corrected chi connectivity index (χ4v) is 0.724. The molecule has 1 aromatic carbocycles. The maximum absolute atomic E-state index is 3.64. The Labute approximate surface area is 55.8 Å². The molecule has 0 atom stereocenters. The lowest BCUT2D eigenvalue weighted by Crippen LogP contribution is -1.76. The minimum absolute atomic E-state index is 0.942. The van der Waals surface area contributed by atoms with E-state index in [1.54, 1.807) is 0 Å². The zero-order chi connectivity index (χ0) is 6.53. The van der Waals surface area contributed by atoms with E-state index in [9.17, 15) is 0 Å². The van der Waals surface area contributed by atoms with Gasteiger partial charge in [-0.15, -0.1) is 6.58 Å². The summed E-state index contributed by atoms with van der Waals surface area (Å²) >= 11 is 0. The lowest BCUT2D eigenvalue weighted by atomic mass is 10.2. The van der Waals surface area contributed by atoms with E-state index in [0.717, 1.165) is 6.42 Å². The smallest absolute Gasteiger partial charge is 0.00999 e. The normalized spacial score (nSPS) is 8.89. The minimum atomic E-state index is 0.942. The predicted molar refractivity (Wildman–Crippen MR) is 39.2 cm³/mol. The fraction of sp³-hybridized carbons (Fsp3) is 0.111. The molecule has 1 radical (unpaired) electrons. The van der Waals surface area contributed by atoms with Crippen LogP contribution >= 0.6 is 0 Å². The van der Waals surface area contributed by atoms with Crippen LogP contribution in [0.2, 0.25) is 0 Å². The topological polar surface area (TPSA) is 0 Å². The minimum Gasteiger partial charge on any atom is -0.103 e. The lowest BCUT2D eigenvalue weighted by molar-refractivity contribution is 1.28. The van der Waals surface area contributed by atoms with Crippen LogP contribution in [0.15, 0.2) is 36.9 Å². The van der Waals surface area contributed by atoms with Gasteiger partial charge in [0.05, 0.1) is 0 Å². The van der Waals surface area contributed by atoms with Gasteiger partial charge in [-0.3, -0.25) is 0 Å². The van der Waals surface area contributed by atoms with Crippen molar-refractivity contribution < 1.29 is 0 Å². The summed E-state index contributed by atoms with van der Waals surface area (Å²) in [5.74, 6) is 0. The van der Waals surface area contributed by atoms with Crippen molar-refractivity contribution in [1.82, 2.24) is 0 Å². The van der Waals surface area contributed by atoms with E-state index in [4.69, 9.17) is 0 Å². The molecule has 9 heavy (non-hydrogen) atoms. The van der Waals surface area contributed by atoms with Gasteiger partial charge in [-0.1, -0.05) is 30.3 Å². The second-order valence-electron chi connectivity index (χ2n) is 1.90. The largest absolute Gasteiger partial charge is 0.103 e. The van der Waals surface area contributed by atoms with Crippen LogP contribution in [-0.4, -0.2) is 0 Å². The van der Waals surface area contributed by atoms with Crippen LogP contribution in [-0.2, 0) is 6.42 Å². The number of hydrogen-bond acceptors (Lipinski definition) is 0. The Balaban J connectivity index is 2.72. The molecule has 0 aromatic heterocycles. The van der Waals surface area contributed by atoms with Crippen molar-refractivity contribution in [3.05, 3.63) is 48.6 Å². The highest BCUT2D eigenvalue weighted by Crippen LogP contribution is 1.97. The van der Waals surface area contributed by atoms with Gasteiger partial charge < -0.3 is 0 Å². The van der Waals surface area contributed by atoms with Gasteiger partial charge in [0.15, 0.2) is 0 Å². The molecule has 0 saturated heterocycles. The molecule has 0 aliphatic heterocycles. The highest BCUT2D eigenvalue weighted by molar-refractivity contribution is 5.15. The molecule has 0 N–H and O–H groups in total. The Kier molecular flexibility index (Phi) is 2.08. The zero-order valence-electron chi connectivity index (χ0n) is 5.30. The third-order valence-electron chi connectivity index (χ3n) is 1.15. The van der Waals surface area contributed by atoms with Gasteiger partial charge in [-0.05, 0) is 18.1 Å². The highest BCUT2D eigenvalue weighted by atomic mass is 13.9. The molecule has 0 amide bonds. The summed E-state index contributed by atoms with van der Waals surface area (Å²) in [6.45, 7) is 3.64. The van der Waals surface area contributed by atoms with Gasteiger partial charge in [-0.25, -0.2) is 0 Å². The standard InChI is InChI=1S/C9H9/c1-2-6-9-7-4-3-5-8-9/h2-4,7-8H,1,6H2. The molecule has 1 rings (SSSR count). The van der Waals surface area contributed by atoms with Gasteiger partial charge in [0.2, 0.25) is 0 Å². The molecule has 0 heterocycles. The Morgan fingerprint density at radius 1 is 1.67 bits per heavy atom. The van der Waals surface area contributed by atoms with Crippen molar-refractivity contribution in [2.75, 3.05) is 0 Å². The molecule has 0 saturated carbocycles. The van der Waals surface area contributed by atoms with Crippen molar-refractivity contribution >= 4 is 0 Å². The van der Waals surface area contributed by atoms with Crippen molar-refractivity contribution in [3.8, 4) is 0 Å². The molecule has 0 fully saturated rings. The Morgan fingerprint density at radius 2 is 2.56 bits per heavy atom. The maximum Gasteiger partial charge on any atom is -0.00999 e. The number of allylic oxidation sites excluding steroid dienone is 1. The summed E-state index contributed by atoms with van der Waals surface area (Å²) in [4.78, 5) is 0. The van der Waals surface area contributed by atoms with Crippen LogP contribution in [0.5, 0.6) is 0 Å². The average Bonchev–Trinajstić information content (AvgIpc) is 1.91. The van der Waals surface area contributed by atoms with E-state index in [2.05, 4.69) is 18.7 Å². The summed E-state index contributed by atoms with van der Waals surface area (Å²) in [6, 6.07) is 10.9. The van der Waals surface area contributed by atoms with Crippen LogP contribution in [0.4, 0.5) is 0 Å². The van der Waals surface area contributed by atoms with Crippen molar-refractivity contribution in [1.29, 1.82) is 0 Å². The summed E-state index contributed by atoms with van der Waals surface area (Å²) in [7, 11) is 0. The van der Waals surface area contributed by atoms with E-state index >= 15 is 0 Å². The molecule has 45 valence electrons. The fourth-order valence-electron chi connectivity index (χ4n) is 0.724. The van der Waals surface area contributed by atoms with Crippen LogP contribution in [0.1, 0.15) is 5.56 Å². The summed E-state index contributed by atoms with van der Waals surface area (Å²) < 4.78 is 0. The van der Waals surface area contributed by atoms with E-state index in [-0.39, 0.29) is 0 Å². The van der Waals surface area contributed by atoms with E-state index in [1.807, 2.05) is 24.3 Å². The van der Waals surface area contributed by atoms with Gasteiger partial charge in [0, 0.05) is 0 Å². The molecular formula is C9H9. The molecule has 0 unspecified atom stereocenters.